The Bertz CT molecular complexity index is 1180. The third-order valence-electron chi connectivity index (χ3n) is 5.55. The van der Waals surface area contributed by atoms with E-state index < -0.39 is 0 Å². The number of methoxy groups -OCH3 is 1. The van der Waals surface area contributed by atoms with Crippen molar-refractivity contribution in [2.24, 2.45) is 5.10 Å². The Kier molecular flexibility index (Phi) is 7.93. The normalized spacial score (nSPS) is 13.3. The van der Waals surface area contributed by atoms with Crippen molar-refractivity contribution >= 4 is 41.0 Å². The second-order valence-electron chi connectivity index (χ2n) is 7.89. The van der Waals surface area contributed by atoms with Crippen LogP contribution in [-0.2, 0) is 6.61 Å². The lowest BCUT2D eigenvalue weighted by Gasteiger charge is -2.17. The molecule has 176 valence electrons. The highest BCUT2D eigenvalue weighted by Crippen LogP contribution is 2.29. The number of benzene rings is 3. The molecule has 1 aliphatic rings. The van der Waals surface area contributed by atoms with E-state index in [0.29, 0.717) is 33.7 Å². The van der Waals surface area contributed by atoms with E-state index in [2.05, 4.69) is 15.4 Å². The molecule has 0 bridgehead atoms. The molecule has 4 rings (SSSR count). The Labute approximate surface area is 209 Å². The van der Waals surface area contributed by atoms with Gasteiger partial charge in [-0.25, -0.2) is 5.43 Å². The molecule has 0 aliphatic carbocycles. The molecule has 34 heavy (non-hydrogen) atoms. The molecule has 3 aromatic rings. The summed E-state index contributed by atoms with van der Waals surface area (Å²) in [4.78, 5) is 14.7. The van der Waals surface area contributed by atoms with Crippen molar-refractivity contribution in [2.45, 2.75) is 19.4 Å². The van der Waals surface area contributed by atoms with Crippen molar-refractivity contribution < 1.29 is 14.3 Å². The number of hydrazone groups is 1. The van der Waals surface area contributed by atoms with E-state index in [1.807, 2.05) is 36.4 Å². The van der Waals surface area contributed by atoms with Gasteiger partial charge in [0.2, 0.25) is 0 Å². The average Bonchev–Trinajstić information content (AvgIpc) is 3.40. The fourth-order valence-corrected chi connectivity index (χ4v) is 4.02. The first-order valence-electron chi connectivity index (χ1n) is 11.0. The van der Waals surface area contributed by atoms with Crippen LogP contribution in [0.4, 0.5) is 5.69 Å². The van der Waals surface area contributed by atoms with Crippen LogP contribution in [0.15, 0.2) is 65.8 Å². The van der Waals surface area contributed by atoms with Crippen LogP contribution >= 0.6 is 23.2 Å². The Morgan fingerprint density at radius 3 is 2.47 bits per heavy atom. The molecular formula is C26H25Cl2N3O3. The van der Waals surface area contributed by atoms with Crippen LogP contribution in [0.25, 0.3) is 0 Å². The van der Waals surface area contributed by atoms with Gasteiger partial charge >= 0.3 is 0 Å². The highest BCUT2D eigenvalue weighted by atomic mass is 35.5. The average molecular weight is 498 g/mol. The summed E-state index contributed by atoms with van der Waals surface area (Å²) in [5, 5.41) is 5.05. The Hall–Kier alpha value is -3.22. The van der Waals surface area contributed by atoms with Crippen molar-refractivity contribution in [1.82, 2.24) is 5.43 Å². The minimum atomic E-state index is -0.266. The van der Waals surface area contributed by atoms with Gasteiger partial charge < -0.3 is 14.4 Å². The predicted molar refractivity (Wildman–Crippen MR) is 137 cm³/mol. The Morgan fingerprint density at radius 2 is 1.76 bits per heavy atom. The second kappa shape index (κ2) is 11.3. The molecule has 1 fully saturated rings. The summed E-state index contributed by atoms with van der Waals surface area (Å²) in [6.45, 7) is 2.45. The minimum absolute atomic E-state index is 0.266. The number of rotatable bonds is 8. The van der Waals surface area contributed by atoms with Gasteiger partial charge in [0.1, 0.15) is 6.61 Å². The largest absolute Gasteiger partial charge is 0.493 e. The zero-order valence-electron chi connectivity index (χ0n) is 18.8. The van der Waals surface area contributed by atoms with Gasteiger partial charge in [-0.05, 0) is 78.6 Å². The van der Waals surface area contributed by atoms with E-state index >= 15 is 0 Å². The monoisotopic (exact) mass is 497 g/mol. The number of anilines is 1. The lowest BCUT2D eigenvalue weighted by molar-refractivity contribution is 0.0955. The maximum Gasteiger partial charge on any atom is 0.271 e. The number of ether oxygens (including phenoxy) is 2. The lowest BCUT2D eigenvalue weighted by Crippen LogP contribution is -2.19. The summed E-state index contributed by atoms with van der Waals surface area (Å²) in [6, 6.07) is 18.3. The standard InChI is InChI=1S/C26H25Cl2N3O3/c1-33-25-15-18(5-11-24(25)34-17-19-4-10-22(27)23(28)14-19)16-29-30-26(32)20-6-8-21(9-7-20)31-12-2-3-13-31/h4-11,14-16H,2-3,12-13,17H2,1H3,(H,30,32)/b29-16-. The van der Waals surface area contributed by atoms with E-state index in [0.717, 1.165) is 29.9 Å². The van der Waals surface area contributed by atoms with E-state index in [4.69, 9.17) is 32.7 Å². The van der Waals surface area contributed by atoms with E-state index in [9.17, 15) is 4.79 Å². The molecule has 8 heteroatoms. The highest BCUT2D eigenvalue weighted by Gasteiger charge is 2.13. The summed E-state index contributed by atoms with van der Waals surface area (Å²) in [7, 11) is 1.57. The number of hydrogen-bond acceptors (Lipinski definition) is 5. The fourth-order valence-electron chi connectivity index (χ4n) is 3.70. The smallest absolute Gasteiger partial charge is 0.271 e. The molecular weight excluding hydrogens is 473 g/mol. The van der Waals surface area contributed by atoms with Gasteiger partial charge in [-0.1, -0.05) is 29.3 Å². The zero-order valence-corrected chi connectivity index (χ0v) is 20.3. The SMILES string of the molecule is COc1cc(/C=N\NC(=O)c2ccc(N3CCCC3)cc2)ccc1OCc1ccc(Cl)c(Cl)c1. The van der Waals surface area contributed by atoms with Crippen LogP contribution in [0.1, 0.15) is 34.3 Å². The molecule has 1 saturated heterocycles. The zero-order chi connectivity index (χ0) is 23.9. The van der Waals surface area contributed by atoms with Crippen molar-refractivity contribution in [3.63, 3.8) is 0 Å². The van der Waals surface area contributed by atoms with Gasteiger partial charge in [-0.3, -0.25) is 4.79 Å². The van der Waals surface area contributed by atoms with E-state index in [1.54, 1.807) is 37.6 Å². The number of carbonyl (C=O) groups is 1. The van der Waals surface area contributed by atoms with Crippen LogP contribution in [0.2, 0.25) is 10.0 Å². The summed E-state index contributed by atoms with van der Waals surface area (Å²) in [6.07, 6.45) is 3.99. The third kappa shape index (κ3) is 6.01. The molecule has 1 amide bonds. The van der Waals surface area contributed by atoms with Gasteiger partial charge in [0.15, 0.2) is 11.5 Å². The van der Waals surface area contributed by atoms with Crippen molar-refractivity contribution in [3.8, 4) is 11.5 Å². The number of carbonyl (C=O) groups excluding carboxylic acids is 1. The quantitative estimate of drug-likeness (QED) is 0.308. The predicted octanol–water partition coefficient (Wildman–Crippen LogP) is 5.95. The van der Waals surface area contributed by atoms with Crippen LogP contribution < -0.4 is 19.8 Å². The minimum Gasteiger partial charge on any atom is -0.493 e. The van der Waals surface area contributed by atoms with Crippen LogP contribution in [0.5, 0.6) is 11.5 Å². The fraction of sp³-hybridized carbons (Fsp3) is 0.231. The maximum atomic E-state index is 12.4. The first-order valence-corrected chi connectivity index (χ1v) is 11.7. The Morgan fingerprint density at radius 1 is 1.00 bits per heavy atom. The van der Waals surface area contributed by atoms with Crippen LogP contribution in [0.3, 0.4) is 0 Å². The molecule has 1 N–H and O–H groups in total. The molecule has 0 saturated carbocycles. The number of amides is 1. The van der Waals surface area contributed by atoms with Gasteiger partial charge in [0.25, 0.3) is 5.91 Å². The number of nitrogens with zero attached hydrogens (tertiary/aromatic N) is 2. The third-order valence-corrected chi connectivity index (χ3v) is 6.29. The van der Waals surface area contributed by atoms with Crippen molar-refractivity contribution in [1.29, 1.82) is 0 Å². The first kappa shape index (κ1) is 23.9. The number of halogens is 2. The van der Waals surface area contributed by atoms with Crippen LogP contribution in [-0.4, -0.2) is 32.3 Å². The molecule has 0 atom stereocenters. The van der Waals surface area contributed by atoms with Gasteiger partial charge in [0, 0.05) is 24.3 Å². The van der Waals surface area contributed by atoms with Gasteiger partial charge in [-0.2, -0.15) is 5.10 Å². The summed E-state index contributed by atoms with van der Waals surface area (Å²) < 4.78 is 11.3. The molecule has 0 aromatic heterocycles. The summed E-state index contributed by atoms with van der Waals surface area (Å²) >= 11 is 12.0. The molecule has 0 unspecified atom stereocenters. The van der Waals surface area contributed by atoms with Gasteiger partial charge in [0.05, 0.1) is 23.4 Å². The molecule has 3 aromatic carbocycles. The Balaban J connectivity index is 1.34. The molecule has 0 spiro atoms. The lowest BCUT2D eigenvalue weighted by atomic mass is 10.2. The van der Waals surface area contributed by atoms with E-state index in [1.165, 1.54) is 12.8 Å². The summed E-state index contributed by atoms with van der Waals surface area (Å²) in [5.74, 6) is 0.860. The first-order chi connectivity index (χ1) is 16.5. The van der Waals surface area contributed by atoms with E-state index in [-0.39, 0.29) is 5.91 Å². The molecule has 0 radical (unpaired) electrons. The molecule has 1 heterocycles. The van der Waals surface area contributed by atoms with Gasteiger partial charge in [-0.15, -0.1) is 0 Å². The molecule has 6 nitrogen and oxygen atoms in total. The maximum absolute atomic E-state index is 12.4. The topological polar surface area (TPSA) is 63.2 Å². The second-order valence-corrected chi connectivity index (χ2v) is 8.70. The summed E-state index contributed by atoms with van der Waals surface area (Å²) in [5.41, 5.74) is 5.91. The number of hydrogen-bond donors (Lipinski definition) is 1. The number of nitrogens with one attached hydrogen (secondary N) is 1. The van der Waals surface area contributed by atoms with Crippen LogP contribution in [0, 0.1) is 0 Å². The molecule has 1 aliphatic heterocycles. The van der Waals surface area contributed by atoms with Crippen molar-refractivity contribution in [2.75, 3.05) is 25.1 Å². The van der Waals surface area contributed by atoms with Crippen molar-refractivity contribution in [3.05, 3.63) is 87.4 Å². The highest BCUT2D eigenvalue weighted by molar-refractivity contribution is 6.42.